The Kier molecular flexibility index (Phi) is 3.84. The van der Waals surface area contributed by atoms with E-state index in [0.717, 1.165) is 0 Å². The number of hydrogen-bond acceptors (Lipinski definition) is 4. The SMILES string of the molecule is COc1ccc(Cn2cnc(C)cc2=O)cc1C(=O)O. The standard InChI is InChI=1S/C14H14N2O4/c1-9-5-13(17)16(8-15-9)7-10-3-4-12(20-2)11(6-10)14(18)19/h3-6,8H,7H2,1-2H3,(H,18,19). The first kappa shape index (κ1) is 13.8. The zero-order valence-corrected chi connectivity index (χ0v) is 11.2. The number of carboxylic acids is 1. The Morgan fingerprint density at radius 1 is 1.40 bits per heavy atom. The number of aryl methyl sites for hydroxylation is 1. The van der Waals surface area contributed by atoms with Crippen molar-refractivity contribution in [2.24, 2.45) is 0 Å². The summed E-state index contributed by atoms with van der Waals surface area (Å²) in [5.41, 5.74) is 1.23. The maximum absolute atomic E-state index is 11.8. The van der Waals surface area contributed by atoms with Gasteiger partial charge in [0, 0.05) is 11.8 Å². The van der Waals surface area contributed by atoms with Crippen molar-refractivity contribution in [3.05, 3.63) is 57.8 Å². The van der Waals surface area contributed by atoms with Crippen LogP contribution in [0.5, 0.6) is 5.75 Å². The molecule has 0 aliphatic rings. The molecule has 1 heterocycles. The summed E-state index contributed by atoms with van der Waals surface area (Å²) < 4.78 is 6.41. The Labute approximate surface area is 115 Å². The lowest BCUT2D eigenvalue weighted by atomic mass is 10.1. The molecule has 0 atom stereocenters. The minimum absolute atomic E-state index is 0.0677. The van der Waals surface area contributed by atoms with Crippen molar-refractivity contribution >= 4 is 5.97 Å². The second-order valence-corrected chi connectivity index (χ2v) is 4.34. The number of nitrogens with zero attached hydrogens (tertiary/aromatic N) is 2. The van der Waals surface area contributed by atoms with Gasteiger partial charge in [0.15, 0.2) is 0 Å². The van der Waals surface area contributed by atoms with Crippen LogP contribution in [-0.2, 0) is 6.54 Å². The summed E-state index contributed by atoms with van der Waals surface area (Å²) >= 11 is 0. The van der Waals surface area contributed by atoms with Gasteiger partial charge < -0.3 is 9.84 Å². The van der Waals surface area contributed by atoms with E-state index in [1.54, 1.807) is 19.1 Å². The molecule has 2 rings (SSSR count). The fourth-order valence-corrected chi connectivity index (χ4v) is 1.85. The molecule has 0 fully saturated rings. The minimum atomic E-state index is -1.07. The van der Waals surface area contributed by atoms with Crippen LogP contribution in [0.25, 0.3) is 0 Å². The van der Waals surface area contributed by atoms with Crippen LogP contribution >= 0.6 is 0 Å². The zero-order valence-electron chi connectivity index (χ0n) is 11.2. The second-order valence-electron chi connectivity index (χ2n) is 4.34. The number of aromatic nitrogens is 2. The van der Waals surface area contributed by atoms with Crippen LogP contribution in [0.4, 0.5) is 0 Å². The van der Waals surface area contributed by atoms with Gasteiger partial charge in [0.1, 0.15) is 11.3 Å². The molecule has 0 saturated carbocycles. The molecule has 1 N–H and O–H groups in total. The quantitative estimate of drug-likeness (QED) is 0.909. The smallest absolute Gasteiger partial charge is 0.339 e. The largest absolute Gasteiger partial charge is 0.496 e. The molecule has 0 aliphatic carbocycles. The van der Waals surface area contributed by atoms with Crippen LogP contribution in [0.2, 0.25) is 0 Å². The predicted molar refractivity (Wildman–Crippen MR) is 72.3 cm³/mol. The van der Waals surface area contributed by atoms with Crippen LogP contribution in [-0.4, -0.2) is 27.7 Å². The zero-order chi connectivity index (χ0) is 14.7. The molecule has 1 aromatic carbocycles. The third-order valence-electron chi connectivity index (χ3n) is 2.86. The van der Waals surface area contributed by atoms with Crippen LogP contribution < -0.4 is 10.3 Å². The molecule has 6 heteroatoms. The van der Waals surface area contributed by atoms with Gasteiger partial charge in [0.25, 0.3) is 5.56 Å². The molecule has 0 aliphatic heterocycles. The summed E-state index contributed by atoms with van der Waals surface area (Å²) in [5.74, 6) is -0.784. The van der Waals surface area contributed by atoms with Gasteiger partial charge in [0.05, 0.1) is 20.0 Å². The van der Waals surface area contributed by atoms with Gasteiger partial charge in [-0.05, 0) is 24.6 Å². The van der Waals surface area contributed by atoms with E-state index in [1.807, 2.05) is 0 Å². The summed E-state index contributed by atoms with van der Waals surface area (Å²) in [6.45, 7) is 2.00. The third kappa shape index (κ3) is 2.85. The highest BCUT2D eigenvalue weighted by Crippen LogP contribution is 2.20. The molecule has 104 valence electrons. The lowest BCUT2D eigenvalue weighted by molar-refractivity contribution is 0.0693. The molecule has 6 nitrogen and oxygen atoms in total. The summed E-state index contributed by atoms with van der Waals surface area (Å²) in [6.07, 6.45) is 1.45. The number of aromatic carboxylic acids is 1. The molecule has 0 radical (unpaired) electrons. The maximum Gasteiger partial charge on any atom is 0.339 e. The van der Waals surface area contributed by atoms with Crippen molar-refractivity contribution in [2.45, 2.75) is 13.5 Å². The van der Waals surface area contributed by atoms with Gasteiger partial charge in [-0.2, -0.15) is 0 Å². The fraction of sp³-hybridized carbons (Fsp3) is 0.214. The van der Waals surface area contributed by atoms with E-state index in [0.29, 0.717) is 11.3 Å². The van der Waals surface area contributed by atoms with E-state index in [-0.39, 0.29) is 23.4 Å². The number of benzene rings is 1. The van der Waals surface area contributed by atoms with E-state index in [4.69, 9.17) is 9.84 Å². The molecule has 0 unspecified atom stereocenters. The Hall–Kier alpha value is -2.63. The first-order valence-electron chi connectivity index (χ1n) is 5.94. The highest BCUT2D eigenvalue weighted by atomic mass is 16.5. The monoisotopic (exact) mass is 274 g/mol. The number of hydrogen-bond donors (Lipinski definition) is 1. The van der Waals surface area contributed by atoms with Crippen molar-refractivity contribution < 1.29 is 14.6 Å². The number of ether oxygens (including phenoxy) is 1. The summed E-state index contributed by atoms with van der Waals surface area (Å²) in [5, 5.41) is 9.12. The van der Waals surface area contributed by atoms with Crippen molar-refractivity contribution in [3.63, 3.8) is 0 Å². The molecular formula is C14H14N2O4. The van der Waals surface area contributed by atoms with E-state index in [1.165, 1.54) is 30.1 Å². The van der Waals surface area contributed by atoms with Gasteiger partial charge in [-0.25, -0.2) is 9.78 Å². The first-order chi connectivity index (χ1) is 9.51. The lowest BCUT2D eigenvalue weighted by Gasteiger charge is -2.09. The molecular weight excluding hydrogens is 260 g/mol. The van der Waals surface area contributed by atoms with Gasteiger partial charge >= 0.3 is 5.97 Å². The predicted octanol–water partition coefficient (Wildman–Crippen LogP) is 1.31. The van der Waals surface area contributed by atoms with Gasteiger partial charge in [-0.1, -0.05) is 6.07 Å². The average molecular weight is 274 g/mol. The van der Waals surface area contributed by atoms with Crippen LogP contribution in [0.15, 0.2) is 35.4 Å². The molecule has 20 heavy (non-hydrogen) atoms. The average Bonchev–Trinajstić information content (AvgIpc) is 2.41. The van der Waals surface area contributed by atoms with E-state index in [2.05, 4.69) is 4.98 Å². The number of methoxy groups -OCH3 is 1. The van der Waals surface area contributed by atoms with E-state index in [9.17, 15) is 9.59 Å². The number of carbonyl (C=O) groups is 1. The Morgan fingerprint density at radius 3 is 2.75 bits per heavy atom. The Bertz CT molecular complexity index is 707. The number of carboxylic acid groups (broad SMARTS) is 1. The molecule has 0 amide bonds. The van der Waals surface area contributed by atoms with Crippen molar-refractivity contribution in [1.82, 2.24) is 9.55 Å². The molecule has 1 aromatic heterocycles. The topological polar surface area (TPSA) is 81.4 Å². The summed E-state index contributed by atoms with van der Waals surface area (Å²) in [6, 6.07) is 6.22. The van der Waals surface area contributed by atoms with E-state index >= 15 is 0 Å². The normalized spacial score (nSPS) is 10.3. The molecule has 2 aromatic rings. The Balaban J connectivity index is 2.37. The van der Waals surface area contributed by atoms with Crippen molar-refractivity contribution in [1.29, 1.82) is 0 Å². The summed E-state index contributed by atoms with van der Waals surface area (Å²) in [7, 11) is 1.41. The van der Waals surface area contributed by atoms with Crippen LogP contribution in [0.3, 0.4) is 0 Å². The highest BCUT2D eigenvalue weighted by molar-refractivity contribution is 5.91. The highest BCUT2D eigenvalue weighted by Gasteiger charge is 2.12. The van der Waals surface area contributed by atoms with Crippen LogP contribution in [0.1, 0.15) is 21.6 Å². The van der Waals surface area contributed by atoms with Crippen molar-refractivity contribution in [2.75, 3.05) is 7.11 Å². The van der Waals surface area contributed by atoms with E-state index < -0.39 is 5.97 Å². The minimum Gasteiger partial charge on any atom is -0.496 e. The summed E-state index contributed by atoms with van der Waals surface area (Å²) in [4.78, 5) is 27.0. The lowest BCUT2D eigenvalue weighted by Crippen LogP contribution is -2.20. The van der Waals surface area contributed by atoms with Crippen molar-refractivity contribution in [3.8, 4) is 5.75 Å². The number of rotatable bonds is 4. The third-order valence-corrected chi connectivity index (χ3v) is 2.86. The fourth-order valence-electron chi connectivity index (χ4n) is 1.85. The molecule has 0 saturated heterocycles. The van der Waals surface area contributed by atoms with Gasteiger partial charge in [0.2, 0.25) is 0 Å². The van der Waals surface area contributed by atoms with Gasteiger partial charge in [-0.15, -0.1) is 0 Å². The second kappa shape index (κ2) is 5.56. The first-order valence-corrected chi connectivity index (χ1v) is 5.94. The maximum atomic E-state index is 11.8. The van der Waals surface area contributed by atoms with Crippen LogP contribution in [0, 0.1) is 6.92 Å². The molecule has 0 spiro atoms. The Morgan fingerprint density at radius 2 is 2.15 bits per heavy atom. The molecule has 0 bridgehead atoms. The van der Waals surface area contributed by atoms with Gasteiger partial charge in [-0.3, -0.25) is 9.36 Å².